The van der Waals surface area contributed by atoms with E-state index in [-0.39, 0.29) is 29.7 Å². The van der Waals surface area contributed by atoms with Crippen molar-refractivity contribution in [1.82, 2.24) is 5.32 Å². The number of sulfonamides is 1. The third kappa shape index (κ3) is 5.19. The first kappa shape index (κ1) is 20.1. The first-order chi connectivity index (χ1) is 13.3. The smallest absolute Gasteiger partial charge is 0.286 e. The summed E-state index contributed by atoms with van der Waals surface area (Å²) >= 11 is 0. The number of amides is 1. The predicted molar refractivity (Wildman–Crippen MR) is 111 cm³/mol. The second-order valence-electron chi connectivity index (χ2n) is 7.13. The summed E-state index contributed by atoms with van der Waals surface area (Å²) in [6, 6.07) is 15.2. The number of hydrogen-bond acceptors (Lipinski definition) is 4. The molecule has 6 nitrogen and oxygen atoms in total. The van der Waals surface area contributed by atoms with Gasteiger partial charge in [-0.15, -0.1) is 4.40 Å². The van der Waals surface area contributed by atoms with Crippen LogP contribution in [-0.4, -0.2) is 26.2 Å². The zero-order chi connectivity index (χ0) is 20.1. The monoisotopic (exact) mass is 399 g/mol. The number of nitrogens with zero attached hydrogens (tertiary/aromatic N) is 1. The van der Waals surface area contributed by atoms with Crippen LogP contribution < -0.4 is 10.6 Å². The molecular weight excluding hydrogens is 374 g/mol. The van der Waals surface area contributed by atoms with E-state index < -0.39 is 10.0 Å². The van der Waals surface area contributed by atoms with Gasteiger partial charge < -0.3 is 10.6 Å². The van der Waals surface area contributed by atoms with Crippen molar-refractivity contribution in [2.24, 2.45) is 4.40 Å². The van der Waals surface area contributed by atoms with Gasteiger partial charge in [0.2, 0.25) is 5.91 Å². The molecule has 0 fully saturated rings. The molecule has 0 saturated carbocycles. The average molecular weight is 400 g/mol. The lowest BCUT2D eigenvalue weighted by Crippen LogP contribution is -2.33. The number of rotatable bonds is 7. The Morgan fingerprint density at radius 2 is 1.89 bits per heavy atom. The average Bonchev–Trinajstić information content (AvgIpc) is 2.64. The van der Waals surface area contributed by atoms with Crippen LogP contribution in [0.2, 0.25) is 0 Å². The van der Waals surface area contributed by atoms with Gasteiger partial charge in [-0.1, -0.05) is 36.4 Å². The molecule has 2 aromatic carbocycles. The summed E-state index contributed by atoms with van der Waals surface area (Å²) in [5.41, 5.74) is 2.71. The second-order valence-corrected chi connectivity index (χ2v) is 8.70. The zero-order valence-corrected chi connectivity index (χ0v) is 16.9. The highest BCUT2D eigenvalue weighted by Gasteiger charge is 2.25. The molecule has 0 saturated heterocycles. The number of anilines is 1. The van der Waals surface area contributed by atoms with E-state index >= 15 is 0 Å². The molecule has 28 heavy (non-hydrogen) atoms. The van der Waals surface area contributed by atoms with E-state index in [9.17, 15) is 13.2 Å². The maximum Gasteiger partial charge on any atom is 0.286 e. The molecule has 148 valence electrons. The van der Waals surface area contributed by atoms with Crippen molar-refractivity contribution in [2.75, 3.05) is 5.32 Å². The van der Waals surface area contributed by atoms with Gasteiger partial charge >= 0.3 is 0 Å². The van der Waals surface area contributed by atoms with E-state index in [4.69, 9.17) is 0 Å². The number of hydrogen-bond donors (Lipinski definition) is 2. The van der Waals surface area contributed by atoms with Crippen molar-refractivity contribution in [2.45, 2.75) is 50.5 Å². The Bertz CT molecular complexity index is 985. The van der Waals surface area contributed by atoms with Gasteiger partial charge in [-0.05, 0) is 49.9 Å². The Hall–Kier alpha value is -2.67. The molecule has 0 spiro atoms. The largest absolute Gasteiger partial charge is 0.354 e. The summed E-state index contributed by atoms with van der Waals surface area (Å²) in [6.45, 7) is 3.87. The van der Waals surface area contributed by atoms with Crippen molar-refractivity contribution in [3.8, 4) is 0 Å². The molecule has 0 bridgehead atoms. The molecule has 3 rings (SSSR count). The molecule has 1 heterocycles. The van der Waals surface area contributed by atoms with Crippen LogP contribution in [0.4, 0.5) is 5.69 Å². The Kier molecular flexibility index (Phi) is 6.14. The lowest BCUT2D eigenvalue weighted by molar-refractivity contribution is -0.121. The predicted octanol–water partition coefficient (Wildman–Crippen LogP) is 3.43. The molecule has 1 unspecified atom stereocenters. The van der Waals surface area contributed by atoms with E-state index in [2.05, 4.69) is 27.2 Å². The molecule has 1 amide bonds. The van der Waals surface area contributed by atoms with E-state index in [1.165, 1.54) is 5.56 Å². The van der Waals surface area contributed by atoms with Crippen molar-refractivity contribution in [3.63, 3.8) is 0 Å². The Morgan fingerprint density at radius 1 is 1.14 bits per heavy atom. The maximum absolute atomic E-state index is 12.3. The number of fused-ring (bicyclic) bond motifs is 1. The Labute approximate surface area is 166 Å². The lowest BCUT2D eigenvalue weighted by atomic mass is 10.1. The van der Waals surface area contributed by atoms with Crippen molar-refractivity contribution in [1.29, 1.82) is 0 Å². The topological polar surface area (TPSA) is 87.6 Å². The fourth-order valence-corrected chi connectivity index (χ4v) is 4.28. The molecule has 2 N–H and O–H groups in total. The highest BCUT2D eigenvalue weighted by Crippen LogP contribution is 2.28. The third-order valence-electron chi connectivity index (χ3n) is 4.63. The Balaban J connectivity index is 1.51. The van der Waals surface area contributed by atoms with Gasteiger partial charge in [0.15, 0.2) is 0 Å². The SMILES string of the molecule is Cc1ccc2c(c1)NC(CCC(=O)NC(C)CCc1ccccc1)=NS2(=O)=O. The minimum absolute atomic E-state index is 0.0427. The molecule has 0 aliphatic carbocycles. The standard InChI is InChI=1S/C21H25N3O3S/c1-15-8-11-19-18(14-15)23-20(24-28(19,26)27)12-13-21(25)22-16(2)9-10-17-6-4-3-5-7-17/h3-8,11,14,16H,9-10,12-13H2,1-2H3,(H,22,25)(H,23,24). The summed E-state index contributed by atoms with van der Waals surface area (Å²) in [7, 11) is -3.72. The summed E-state index contributed by atoms with van der Waals surface area (Å²) < 4.78 is 28.4. The first-order valence-corrected chi connectivity index (χ1v) is 10.8. The van der Waals surface area contributed by atoms with Crippen LogP contribution in [0.25, 0.3) is 0 Å². The highest BCUT2D eigenvalue weighted by molar-refractivity contribution is 7.90. The molecule has 1 aliphatic heterocycles. The number of carbonyl (C=O) groups is 1. The quantitative estimate of drug-likeness (QED) is 0.747. The van der Waals surface area contributed by atoms with Gasteiger partial charge in [-0.25, -0.2) is 0 Å². The molecule has 1 atom stereocenters. The van der Waals surface area contributed by atoms with Crippen molar-refractivity contribution in [3.05, 3.63) is 59.7 Å². The van der Waals surface area contributed by atoms with E-state index in [0.717, 1.165) is 18.4 Å². The van der Waals surface area contributed by atoms with Crippen LogP contribution in [-0.2, 0) is 21.2 Å². The van der Waals surface area contributed by atoms with Gasteiger partial charge in [-0.3, -0.25) is 4.79 Å². The summed E-state index contributed by atoms with van der Waals surface area (Å²) in [6.07, 6.45) is 2.16. The van der Waals surface area contributed by atoms with Crippen LogP contribution in [0.5, 0.6) is 0 Å². The van der Waals surface area contributed by atoms with E-state index in [0.29, 0.717) is 11.5 Å². The van der Waals surface area contributed by atoms with Gasteiger partial charge in [0.05, 0.1) is 5.69 Å². The van der Waals surface area contributed by atoms with Gasteiger partial charge in [-0.2, -0.15) is 8.42 Å². The highest BCUT2D eigenvalue weighted by atomic mass is 32.2. The summed E-state index contributed by atoms with van der Waals surface area (Å²) in [5, 5.41) is 6.01. The molecule has 1 aliphatic rings. The maximum atomic E-state index is 12.3. The molecule has 0 radical (unpaired) electrons. The molecule has 0 aromatic heterocycles. The molecular formula is C21H25N3O3S. The number of amidine groups is 1. The normalized spacial score (nSPS) is 15.7. The second kappa shape index (κ2) is 8.56. The first-order valence-electron chi connectivity index (χ1n) is 9.38. The van der Waals surface area contributed by atoms with Crippen LogP contribution in [0.1, 0.15) is 37.3 Å². The van der Waals surface area contributed by atoms with Gasteiger partial charge in [0.1, 0.15) is 10.7 Å². The van der Waals surface area contributed by atoms with Gasteiger partial charge in [0.25, 0.3) is 10.0 Å². The number of aryl methyl sites for hydroxylation is 2. The molecule has 2 aromatic rings. The lowest BCUT2D eigenvalue weighted by Gasteiger charge is -2.19. The Morgan fingerprint density at radius 3 is 2.64 bits per heavy atom. The number of nitrogens with one attached hydrogen (secondary N) is 2. The van der Waals surface area contributed by atoms with Crippen LogP contribution in [0.15, 0.2) is 57.8 Å². The van der Waals surface area contributed by atoms with Crippen molar-refractivity contribution < 1.29 is 13.2 Å². The fraction of sp³-hybridized carbons (Fsp3) is 0.333. The van der Waals surface area contributed by atoms with Crippen LogP contribution >= 0.6 is 0 Å². The molecule has 7 heteroatoms. The zero-order valence-electron chi connectivity index (χ0n) is 16.1. The minimum Gasteiger partial charge on any atom is -0.354 e. The summed E-state index contributed by atoms with van der Waals surface area (Å²) in [5.74, 6) is 0.183. The summed E-state index contributed by atoms with van der Waals surface area (Å²) in [4.78, 5) is 12.4. The van der Waals surface area contributed by atoms with Crippen molar-refractivity contribution >= 4 is 27.5 Å². The van der Waals surface area contributed by atoms with Crippen LogP contribution in [0.3, 0.4) is 0 Å². The minimum atomic E-state index is -3.72. The van der Waals surface area contributed by atoms with E-state index in [1.807, 2.05) is 32.0 Å². The van der Waals surface area contributed by atoms with Gasteiger partial charge in [0, 0.05) is 18.9 Å². The number of benzene rings is 2. The van der Waals surface area contributed by atoms with Crippen LogP contribution in [0, 0.1) is 6.92 Å². The fourth-order valence-electron chi connectivity index (χ4n) is 3.13. The van der Waals surface area contributed by atoms with E-state index in [1.54, 1.807) is 18.2 Å². The third-order valence-corrected chi connectivity index (χ3v) is 6.00. The number of carbonyl (C=O) groups excluding carboxylic acids is 1.